The van der Waals surface area contributed by atoms with Crippen molar-refractivity contribution in [3.63, 3.8) is 0 Å². The molecule has 0 unspecified atom stereocenters. The van der Waals surface area contributed by atoms with Gasteiger partial charge < -0.3 is 35.4 Å². The van der Waals surface area contributed by atoms with Gasteiger partial charge in [-0.05, 0) is 54.1 Å². The van der Waals surface area contributed by atoms with Crippen LogP contribution in [-0.4, -0.2) is 59.6 Å². The summed E-state index contributed by atoms with van der Waals surface area (Å²) in [6, 6.07) is 18.0. The first-order valence-electron chi connectivity index (χ1n) is 11.3. The number of carboxylic acid groups (broad SMARTS) is 1. The van der Waals surface area contributed by atoms with Crippen molar-refractivity contribution in [2.75, 3.05) is 31.6 Å². The molecule has 0 spiro atoms. The van der Waals surface area contributed by atoms with Gasteiger partial charge >= 0.3 is 5.97 Å². The molecule has 0 radical (unpaired) electrons. The van der Waals surface area contributed by atoms with Gasteiger partial charge in [0.15, 0.2) is 0 Å². The molecule has 36 heavy (non-hydrogen) atoms. The normalized spacial score (nSPS) is 14.2. The average Bonchev–Trinajstić information content (AvgIpc) is 3.19. The van der Waals surface area contributed by atoms with Gasteiger partial charge in [-0.3, -0.25) is 4.79 Å². The third kappa shape index (κ3) is 6.01. The number of nitrogens with one attached hydrogen (secondary N) is 2. The highest BCUT2D eigenvalue weighted by Crippen LogP contribution is 2.40. The number of aromatic carboxylic acids is 1. The minimum Gasteiger partial charge on any atom is -0.508 e. The van der Waals surface area contributed by atoms with Crippen LogP contribution in [0.3, 0.4) is 0 Å². The summed E-state index contributed by atoms with van der Waals surface area (Å²) in [7, 11) is 0. The summed E-state index contributed by atoms with van der Waals surface area (Å²) in [4.78, 5) is 24.2. The first-order valence-corrected chi connectivity index (χ1v) is 11.3. The van der Waals surface area contributed by atoms with Gasteiger partial charge in [0.1, 0.15) is 36.6 Å². The number of anilines is 1. The Labute approximate surface area is 207 Å². The Morgan fingerprint density at radius 2 is 1.81 bits per heavy atom. The number of carbonyl (C=O) groups is 2. The number of benzene rings is 3. The molecule has 0 fully saturated rings. The van der Waals surface area contributed by atoms with Gasteiger partial charge in [-0.2, -0.15) is 0 Å². The molecule has 5 N–H and O–H groups in total. The first kappa shape index (κ1) is 24.8. The maximum Gasteiger partial charge on any atom is 0.336 e. The zero-order chi connectivity index (χ0) is 25.5. The van der Waals surface area contributed by atoms with Crippen LogP contribution in [0.2, 0.25) is 0 Å². The Kier molecular flexibility index (Phi) is 7.84. The number of hydrogen-bond acceptors (Lipinski definition) is 7. The molecule has 1 amide bonds. The lowest BCUT2D eigenvalue weighted by atomic mass is 10.00. The molecule has 0 aliphatic carbocycles. The van der Waals surface area contributed by atoms with Crippen molar-refractivity contribution in [3.8, 4) is 17.2 Å². The molecule has 3 aromatic rings. The number of phenols is 1. The molecule has 4 rings (SSSR count). The monoisotopic (exact) mass is 490 g/mol. The zero-order valence-electron chi connectivity index (χ0n) is 19.3. The lowest BCUT2D eigenvalue weighted by molar-refractivity contribution is -0.110. The molecule has 1 aliphatic heterocycles. The van der Waals surface area contributed by atoms with Crippen molar-refractivity contribution in [1.82, 2.24) is 5.32 Å². The SMILES string of the molecule is O=C1Nc2cccc(OC[C@H](O)CNCCOc3ccc(O)cc3)c2C1=Cc1ccccc1C(=O)O. The second-order valence-corrected chi connectivity index (χ2v) is 8.09. The molecular formula is C27H26N2O7. The van der Waals surface area contributed by atoms with Gasteiger partial charge in [0.25, 0.3) is 5.91 Å². The Morgan fingerprint density at radius 3 is 2.58 bits per heavy atom. The zero-order valence-corrected chi connectivity index (χ0v) is 19.3. The van der Waals surface area contributed by atoms with Crippen molar-refractivity contribution in [2.45, 2.75) is 6.10 Å². The molecule has 0 saturated heterocycles. The summed E-state index contributed by atoms with van der Waals surface area (Å²) in [5.74, 6) is -0.249. The highest BCUT2D eigenvalue weighted by atomic mass is 16.5. The third-order valence-corrected chi connectivity index (χ3v) is 5.47. The Hall–Kier alpha value is -4.34. The van der Waals surface area contributed by atoms with Crippen LogP contribution in [0.4, 0.5) is 5.69 Å². The van der Waals surface area contributed by atoms with Crippen LogP contribution in [0, 0.1) is 0 Å². The fraction of sp³-hybridized carbons (Fsp3) is 0.185. The largest absolute Gasteiger partial charge is 0.508 e. The second kappa shape index (κ2) is 11.4. The van der Waals surface area contributed by atoms with Crippen molar-refractivity contribution >= 4 is 29.2 Å². The molecule has 1 atom stereocenters. The van der Waals surface area contributed by atoms with Crippen LogP contribution in [-0.2, 0) is 4.79 Å². The molecule has 9 nitrogen and oxygen atoms in total. The van der Waals surface area contributed by atoms with Crippen molar-refractivity contribution in [3.05, 3.63) is 83.4 Å². The lowest BCUT2D eigenvalue weighted by Gasteiger charge is -2.15. The van der Waals surface area contributed by atoms with Crippen LogP contribution >= 0.6 is 0 Å². The van der Waals surface area contributed by atoms with E-state index in [9.17, 15) is 24.9 Å². The minimum absolute atomic E-state index is 0.0184. The number of carbonyl (C=O) groups excluding carboxylic acids is 1. The van der Waals surface area contributed by atoms with E-state index in [1.165, 1.54) is 12.1 Å². The molecule has 0 bridgehead atoms. The summed E-state index contributed by atoms with van der Waals surface area (Å²) in [5, 5.41) is 34.9. The predicted molar refractivity (Wildman–Crippen MR) is 134 cm³/mol. The number of aliphatic hydroxyl groups is 1. The van der Waals surface area contributed by atoms with Crippen LogP contribution < -0.4 is 20.1 Å². The Bertz CT molecular complexity index is 1270. The number of amides is 1. The van der Waals surface area contributed by atoms with E-state index in [0.29, 0.717) is 41.5 Å². The number of aliphatic hydroxyl groups excluding tert-OH is 1. The number of fused-ring (bicyclic) bond motifs is 1. The molecule has 186 valence electrons. The highest BCUT2D eigenvalue weighted by Gasteiger charge is 2.28. The number of aromatic hydroxyl groups is 1. The summed E-state index contributed by atoms with van der Waals surface area (Å²) >= 11 is 0. The molecule has 9 heteroatoms. The Balaban J connectivity index is 1.36. The summed E-state index contributed by atoms with van der Waals surface area (Å²) in [6.07, 6.45) is 0.712. The quantitative estimate of drug-likeness (QED) is 0.204. The van der Waals surface area contributed by atoms with E-state index in [0.717, 1.165) is 0 Å². The molecule has 3 aromatic carbocycles. The van der Waals surface area contributed by atoms with E-state index in [1.54, 1.807) is 60.7 Å². The fourth-order valence-corrected chi connectivity index (χ4v) is 3.74. The van der Waals surface area contributed by atoms with E-state index in [4.69, 9.17) is 9.47 Å². The van der Waals surface area contributed by atoms with Gasteiger partial charge in [-0.25, -0.2) is 4.79 Å². The van der Waals surface area contributed by atoms with Gasteiger partial charge in [0.05, 0.1) is 22.4 Å². The lowest BCUT2D eigenvalue weighted by Crippen LogP contribution is -2.33. The first-order chi connectivity index (χ1) is 17.4. The van der Waals surface area contributed by atoms with Gasteiger partial charge in [-0.15, -0.1) is 0 Å². The third-order valence-electron chi connectivity index (χ3n) is 5.47. The Morgan fingerprint density at radius 1 is 1.03 bits per heavy atom. The van der Waals surface area contributed by atoms with Gasteiger partial charge in [0.2, 0.25) is 0 Å². The summed E-state index contributed by atoms with van der Waals surface area (Å²) in [5.41, 5.74) is 1.84. The molecule has 0 aromatic heterocycles. The molecule has 1 aliphatic rings. The number of rotatable bonds is 11. The van der Waals surface area contributed by atoms with Crippen LogP contribution in [0.15, 0.2) is 66.7 Å². The second-order valence-electron chi connectivity index (χ2n) is 8.09. The maximum atomic E-state index is 12.7. The molecule has 1 heterocycles. The number of ether oxygens (including phenoxy) is 2. The number of phenolic OH excluding ortho intramolecular Hbond substituents is 1. The predicted octanol–water partition coefficient (Wildman–Crippen LogP) is 2.99. The molecule has 0 saturated carbocycles. The number of hydrogen-bond donors (Lipinski definition) is 5. The van der Waals surface area contributed by atoms with Crippen molar-refractivity contribution < 1.29 is 34.4 Å². The smallest absolute Gasteiger partial charge is 0.336 e. The highest BCUT2D eigenvalue weighted by molar-refractivity contribution is 6.35. The van der Waals surface area contributed by atoms with Gasteiger partial charge in [-0.1, -0.05) is 24.3 Å². The summed E-state index contributed by atoms with van der Waals surface area (Å²) < 4.78 is 11.4. The minimum atomic E-state index is -1.09. The number of carboxylic acids is 1. The topological polar surface area (TPSA) is 137 Å². The van der Waals surface area contributed by atoms with E-state index in [1.807, 2.05) is 0 Å². The molecular weight excluding hydrogens is 464 g/mol. The van der Waals surface area contributed by atoms with E-state index < -0.39 is 12.1 Å². The van der Waals surface area contributed by atoms with E-state index in [2.05, 4.69) is 10.6 Å². The van der Waals surface area contributed by atoms with Crippen LogP contribution in [0.1, 0.15) is 21.5 Å². The summed E-state index contributed by atoms with van der Waals surface area (Å²) in [6.45, 7) is 1.12. The average molecular weight is 491 g/mol. The maximum absolute atomic E-state index is 12.7. The van der Waals surface area contributed by atoms with Crippen molar-refractivity contribution in [1.29, 1.82) is 0 Å². The fourth-order valence-electron chi connectivity index (χ4n) is 3.74. The van der Waals surface area contributed by atoms with Crippen molar-refractivity contribution in [2.24, 2.45) is 0 Å². The van der Waals surface area contributed by atoms with Crippen LogP contribution in [0.25, 0.3) is 11.6 Å². The standard InChI is InChI=1S/C27H26N2O7/c30-18-8-10-20(11-9-18)35-13-12-28-15-19(31)16-36-24-7-3-6-23-25(24)22(26(32)29-23)14-17-4-1-2-5-21(17)27(33)34/h1-11,14,19,28,30-31H,12-13,15-16H2,(H,29,32)(H,33,34)/t19-/m1/s1. The van der Waals surface area contributed by atoms with E-state index >= 15 is 0 Å². The van der Waals surface area contributed by atoms with Gasteiger partial charge in [0, 0.05) is 13.1 Å². The van der Waals surface area contributed by atoms with E-state index in [-0.39, 0.29) is 35.9 Å². The van der Waals surface area contributed by atoms with Crippen LogP contribution in [0.5, 0.6) is 17.2 Å².